The van der Waals surface area contributed by atoms with E-state index in [9.17, 15) is 4.79 Å². The maximum atomic E-state index is 13.1. The van der Waals surface area contributed by atoms with Crippen LogP contribution in [-0.2, 0) is 9.53 Å². The van der Waals surface area contributed by atoms with Gasteiger partial charge in [0.2, 0.25) is 0 Å². The first-order valence-corrected chi connectivity index (χ1v) is 8.94. The molecule has 6 heteroatoms. The molecule has 1 aliphatic heterocycles. The fourth-order valence-corrected chi connectivity index (χ4v) is 3.23. The number of pyridine rings is 1. The first-order chi connectivity index (χ1) is 13.8. The van der Waals surface area contributed by atoms with E-state index in [0.717, 1.165) is 22.4 Å². The van der Waals surface area contributed by atoms with Crippen molar-refractivity contribution in [3.05, 3.63) is 89.7 Å². The van der Waals surface area contributed by atoms with Crippen LogP contribution < -0.4 is 14.8 Å². The third-order valence-corrected chi connectivity index (χ3v) is 4.66. The number of hydrogen-bond donors (Lipinski definition) is 1. The van der Waals surface area contributed by atoms with Gasteiger partial charge in [-0.3, -0.25) is 9.78 Å². The molecular weight excluding hydrogens is 356 g/mol. The number of rotatable bonds is 5. The lowest BCUT2D eigenvalue weighted by Gasteiger charge is -2.28. The summed E-state index contributed by atoms with van der Waals surface area (Å²) >= 11 is 0. The standard InChI is InChI=1S/C22H20N2O4/c1-26-17-8-6-15(7-9-17)20(16-10-12-23-13-11-16)24-22(25)21-18-4-2-3-5-19(18)27-14-28-21/h2-13,20-21H,14H2,1H3,(H,24,25)/t20-,21-/m0/s1. The normalized spacial score (nSPS) is 16.4. The third kappa shape index (κ3) is 3.68. The Morgan fingerprint density at radius 2 is 1.79 bits per heavy atom. The quantitative estimate of drug-likeness (QED) is 0.739. The molecule has 0 spiro atoms. The molecule has 2 atom stereocenters. The van der Waals surface area contributed by atoms with E-state index < -0.39 is 6.10 Å². The second-order valence-corrected chi connectivity index (χ2v) is 6.34. The number of benzene rings is 2. The molecule has 1 aliphatic rings. The minimum absolute atomic E-state index is 0.0392. The average molecular weight is 376 g/mol. The summed E-state index contributed by atoms with van der Waals surface area (Å²) in [7, 11) is 1.62. The van der Waals surface area contributed by atoms with Crippen LogP contribution in [0.4, 0.5) is 0 Å². The van der Waals surface area contributed by atoms with Crippen LogP contribution in [-0.4, -0.2) is 24.8 Å². The summed E-state index contributed by atoms with van der Waals surface area (Å²) in [5.74, 6) is 1.19. The highest BCUT2D eigenvalue weighted by Gasteiger charge is 2.30. The van der Waals surface area contributed by atoms with Gasteiger partial charge in [-0.05, 0) is 41.5 Å². The molecule has 0 radical (unpaired) electrons. The summed E-state index contributed by atoms with van der Waals surface area (Å²) in [6.45, 7) is 0.0392. The van der Waals surface area contributed by atoms with Gasteiger partial charge in [-0.25, -0.2) is 0 Å². The number of carbonyl (C=O) groups is 1. The summed E-state index contributed by atoms with van der Waals surface area (Å²) in [4.78, 5) is 17.2. The number of amides is 1. The van der Waals surface area contributed by atoms with E-state index in [1.54, 1.807) is 19.5 Å². The van der Waals surface area contributed by atoms with Crippen LogP contribution in [0.15, 0.2) is 73.1 Å². The average Bonchev–Trinajstić information content (AvgIpc) is 2.77. The van der Waals surface area contributed by atoms with Crippen molar-refractivity contribution in [2.24, 2.45) is 0 Å². The molecule has 0 aliphatic carbocycles. The van der Waals surface area contributed by atoms with E-state index in [4.69, 9.17) is 14.2 Å². The second-order valence-electron chi connectivity index (χ2n) is 6.34. The first-order valence-electron chi connectivity index (χ1n) is 8.94. The van der Waals surface area contributed by atoms with Gasteiger partial charge in [0.1, 0.15) is 11.5 Å². The Bertz CT molecular complexity index is 944. The Balaban J connectivity index is 1.63. The van der Waals surface area contributed by atoms with E-state index >= 15 is 0 Å². The van der Waals surface area contributed by atoms with Gasteiger partial charge in [0.15, 0.2) is 12.9 Å². The summed E-state index contributed by atoms with van der Waals surface area (Å²) in [6.07, 6.45) is 2.68. The van der Waals surface area contributed by atoms with Crippen LogP contribution in [0.5, 0.6) is 11.5 Å². The maximum Gasteiger partial charge on any atom is 0.254 e. The molecule has 0 saturated carbocycles. The molecule has 0 bridgehead atoms. The summed E-state index contributed by atoms with van der Waals surface area (Å²) < 4.78 is 16.3. The lowest BCUT2D eigenvalue weighted by Crippen LogP contribution is -2.36. The number of methoxy groups -OCH3 is 1. The lowest BCUT2D eigenvalue weighted by atomic mass is 9.98. The van der Waals surface area contributed by atoms with Crippen LogP contribution in [0.2, 0.25) is 0 Å². The zero-order chi connectivity index (χ0) is 19.3. The first kappa shape index (κ1) is 18.0. The zero-order valence-corrected chi connectivity index (χ0v) is 15.4. The zero-order valence-electron chi connectivity index (χ0n) is 15.4. The molecule has 28 heavy (non-hydrogen) atoms. The van der Waals surface area contributed by atoms with Crippen molar-refractivity contribution in [2.75, 3.05) is 13.9 Å². The molecule has 1 amide bonds. The molecule has 2 heterocycles. The highest BCUT2D eigenvalue weighted by molar-refractivity contribution is 5.84. The van der Waals surface area contributed by atoms with Gasteiger partial charge >= 0.3 is 0 Å². The van der Waals surface area contributed by atoms with E-state index in [2.05, 4.69) is 10.3 Å². The Hall–Kier alpha value is -3.38. The Morgan fingerprint density at radius 1 is 1.07 bits per heavy atom. The van der Waals surface area contributed by atoms with E-state index in [1.807, 2.05) is 60.7 Å². The topological polar surface area (TPSA) is 69.7 Å². The van der Waals surface area contributed by atoms with Crippen LogP contribution in [0.1, 0.15) is 28.8 Å². The van der Waals surface area contributed by atoms with Crippen molar-refractivity contribution in [2.45, 2.75) is 12.1 Å². The predicted octanol–water partition coefficient (Wildman–Crippen LogP) is 3.40. The Kier molecular flexibility index (Phi) is 5.21. The number of carbonyl (C=O) groups excluding carboxylic acids is 1. The van der Waals surface area contributed by atoms with Gasteiger partial charge in [-0.1, -0.05) is 30.3 Å². The molecule has 2 aromatic carbocycles. The van der Waals surface area contributed by atoms with Crippen LogP contribution in [0.25, 0.3) is 0 Å². The molecule has 6 nitrogen and oxygen atoms in total. The van der Waals surface area contributed by atoms with Crippen molar-refractivity contribution < 1.29 is 19.0 Å². The molecular formula is C22H20N2O4. The Labute approximate surface area is 163 Å². The molecule has 3 aromatic rings. The number of nitrogens with zero attached hydrogens (tertiary/aromatic N) is 1. The van der Waals surface area contributed by atoms with E-state index in [1.165, 1.54) is 0 Å². The fourth-order valence-electron chi connectivity index (χ4n) is 3.23. The predicted molar refractivity (Wildman–Crippen MR) is 103 cm³/mol. The summed E-state index contributed by atoms with van der Waals surface area (Å²) in [5.41, 5.74) is 2.57. The monoisotopic (exact) mass is 376 g/mol. The lowest BCUT2D eigenvalue weighted by molar-refractivity contribution is -0.142. The number of ether oxygens (including phenoxy) is 3. The van der Waals surface area contributed by atoms with Crippen LogP contribution in [0.3, 0.4) is 0 Å². The second kappa shape index (κ2) is 8.10. The minimum Gasteiger partial charge on any atom is -0.497 e. The molecule has 0 unspecified atom stereocenters. The third-order valence-electron chi connectivity index (χ3n) is 4.66. The molecule has 142 valence electrons. The SMILES string of the molecule is COc1ccc([C@H](NC(=O)[C@H]2OCOc3ccccc32)c2ccncc2)cc1. The van der Waals surface area contributed by atoms with Crippen molar-refractivity contribution >= 4 is 5.91 Å². The van der Waals surface area contributed by atoms with Gasteiger partial charge in [0.05, 0.1) is 13.2 Å². The fraction of sp³-hybridized carbons (Fsp3) is 0.182. The van der Waals surface area contributed by atoms with Gasteiger partial charge in [-0.15, -0.1) is 0 Å². The largest absolute Gasteiger partial charge is 0.497 e. The number of hydrogen-bond acceptors (Lipinski definition) is 5. The maximum absolute atomic E-state index is 13.1. The molecule has 0 fully saturated rings. The highest BCUT2D eigenvalue weighted by atomic mass is 16.7. The number of nitrogens with one attached hydrogen (secondary N) is 1. The summed E-state index contributed by atoms with van der Waals surface area (Å²) in [6, 6.07) is 18.4. The van der Waals surface area contributed by atoms with Gasteiger partial charge in [-0.2, -0.15) is 0 Å². The number of fused-ring (bicyclic) bond motifs is 1. The Morgan fingerprint density at radius 3 is 2.54 bits per heavy atom. The molecule has 1 aromatic heterocycles. The summed E-state index contributed by atoms with van der Waals surface area (Å²) in [5, 5.41) is 3.11. The van der Waals surface area contributed by atoms with E-state index in [0.29, 0.717) is 5.75 Å². The molecule has 4 rings (SSSR count). The van der Waals surface area contributed by atoms with Gasteiger partial charge < -0.3 is 19.5 Å². The molecule has 0 saturated heterocycles. The number of aromatic nitrogens is 1. The minimum atomic E-state index is -0.729. The van der Waals surface area contributed by atoms with Crippen molar-refractivity contribution in [1.29, 1.82) is 0 Å². The van der Waals surface area contributed by atoms with Crippen LogP contribution >= 0.6 is 0 Å². The van der Waals surface area contributed by atoms with Gasteiger partial charge in [0.25, 0.3) is 5.91 Å². The smallest absolute Gasteiger partial charge is 0.254 e. The van der Waals surface area contributed by atoms with Crippen molar-refractivity contribution in [3.63, 3.8) is 0 Å². The number of para-hydroxylation sites is 1. The van der Waals surface area contributed by atoms with Gasteiger partial charge in [0, 0.05) is 18.0 Å². The van der Waals surface area contributed by atoms with E-state index in [-0.39, 0.29) is 18.7 Å². The van der Waals surface area contributed by atoms with Crippen molar-refractivity contribution in [3.8, 4) is 11.5 Å². The van der Waals surface area contributed by atoms with Crippen molar-refractivity contribution in [1.82, 2.24) is 10.3 Å². The highest BCUT2D eigenvalue weighted by Crippen LogP contribution is 2.33. The molecule has 1 N–H and O–H groups in total. The van der Waals surface area contributed by atoms with Crippen LogP contribution in [0, 0.1) is 0 Å².